The summed E-state index contributed by atoms with van der Waals surface area (Å²) in [5, 5.41) is 10.1. The van der Waals surface area contributed by atoms with Crippen molar-refractivity contribution < 1.29 is 5.11 Å². The number of aliphatic hydroxyl groups excluding tert-OH is 1. The molecule has 1 atom stereocenters. The van der Waals surface area contributed by atoms with Gasteiger partial charge in [0.25, 0.3) is 0 Å². The zero-order valence-corrected chi connectivity index (χ0v) is 10.2. The minimum atomic E-state index is -0.113. The van der Waals surface area contributed by atoms with E-state index >= 15 is 0 Å². The fourth-order valence-electron chi connectivity index (χ4n) is 1.72. The lowest BCUT2D eigenvalue weighted by Crippen LogP contribution is -2.37. The van der Waals surface area contributed by atoms with Gasteiger partial charge in [0.15, 0.2) is 0 Å². The predicted molar refractivity (Wildman–Crippen MR) is 63.5 cm³/mol. The van der Waals surface area contributed by atoms with E-state index in [-0.39, 0.29) is 10.2 Å². The number of hydrogen-bond acceptors (Lipinski definition) is 3. The molecule has 0 spiro atoms. The van der Waals surface area contributed by atoms with Gasteiger partial charge in [0.2, 0.25) is 0 Å². The summed E-state index contributed by atoms with van der Waals surface area (Å²) in [6, 6.07) is 0. The average Bonchev–Trinajstić information content (AvgIpc) is 2.19. The molecule has 1 fully saturated rings. The Hall–Kier alpha value is 0.660. The van der Waals surface area contributed by atoms with Crippen LogP contribution < -0.4 is 0 Å². The van der Waals surface area contributed by atoms with Crippen LogP contribution in [0.4, 0.5) is 0 Å². The first-order valence-electron chi connectivity index (χ1n) is 5.21. The summed E-state index contributed by atoms with van der Waals surface area (Å²) in [6.07, 6.45) is 4.31. The average molecular weight is 220 g/mol. The van der Waals surface area contributed by atoms with Gasteiger partial charge in [-0.1, -0.05) is 20.3 Å². The first-order valence-corrected chi connectivity index (χ1v) is 7.18. The summed E-state index contributed by atoms with van der Waals surface area (Å²) in [7, 11) is 0. The smallest absolute Gasteiger partial charge is 0.0865 e. The standard InChI is InChI=1S/C10H20OS2/c1-3-6-9(11)10(4-2)12-7-5-8-13-10/h9,11H,3-8H2,1-2H3. The van der Waals surface area contributed by atoms with Crippen molar-refractivity contribution in [1.82, 2.24) is 0 Å². The first kappa shape index (κ1) is 11.7. The lowest BCUT2D eigenvalue weighted by atomic mass is 10.1. The van der Waals surface area contributed by atoms with Crippen LogP contribution in [0.3, 0.4) is 0 Å². The third kappa shape index (κ3) is 2.80. The minimum Gasteiger partial charge on any atom is -0.391 e. The van der Waals surface area contributed by atoms with E-state index in [4.69, 9.17) is 0 Å². The van der Waals surface area contributed by atoms with E-state index < -0.39 is 0 Å². The Bertz CT molecular complexity index is 144. The highest BCUT2D eigenvalue weighted by molar-refractivity contribution is 8.18. The van der Waals surface area contributed by atoms with Crippen LogP contribution in [0.1, 0.15) is 39.5 Å². The molecule has 3 heteroatoms. The van der Waals surface area contributed by atoms with Crippen molar-refractivity contribution in [3.63, 3.8) is 0 Å². The second-order valence-electron chi connectivity index (χ2n) is 3.52. The lowest BCUT2D eigenvalue weighted by Gasteiger charge is -2.39. The molecule has 0 aromatic rings. The number of hydrogen-bond donors (Lipinski definition) is 1. The highest BCUT2D eigenvalue weighted by Crippen LogP contribution is 2.48. The predicted octanol–water partition coefficient (Wildman–Crippen LogP) is 3.12. The van der Waals surface area contributed by atoms with Crippen LogP contribution in [-0.4, -0.2) is 26.8 Å². The first-order chi connectivity index (χ1) is 6.25. The molecular formula is C10H20OS2. The Morgan fingerprint density at radius 1 is 1.31 bits per heavy atom. The van der Waals surface area contributed by atoms with Crippen molar-refractivity contribution >= 4 is 23.5 Å². The molecule has 1 N–H and O–H groups in total. The van der Waals surface area contributed by atoms with E-state index in [0.29, 0.717) is 0 Å². The quantitative estimate of drug-likeness (QED) is 0.786. The van der Waals surface area contributed by atoms with Crippen LogP contribution in [0.2, 0.25) is 0 Å². The summed E-state index contributed by atoms with van der Waals surface area (Å²) in [6.45, 7) is 4.34. The van der Waals surface area contributed by atoms with E-state index in [1.54, 1.807) is 0 Å². The molecule has 1 unspecified atom stereocenters. The molecule has 0 bridgehead atoms. The van der Waals surface area contributed by atoms with Gasteiger partial charge in [-0.3, -0.25) is 0 Å². The van der Waals surface area contributed by atoms with Crippen LogP contribution >= 0.6 is 23.5 Å². The van der Waals surface area contributed by atoms with E-state index in [0.717, 1.165) is 19.3 Å². The molecule has 1 aliphatic heterocycles. The van der Waals surface area contributed by atoms with Crippen LogP contribution in [0.15, 0.2) is 0 Å². The normalized spacial score (nSPS) is 24.2. The third-order valence-electron chi connectivity index (χ3n) is 2.54. The maximum atomic E-state index is 10.1. The molecule has 1 heterocycles. The molecule has 0 amide bonds. The summed E-state index contributed by atoms with van der Waals surface area (Å²) in [5.41, 5.74) is 0. The van der Waals surface area contributed by atoms with Crippen LogP contribution in [0, 0.1) is 0 Å². The topological polar surface area (TPSA) is 20.2 Å². The number of thioether (sulfide) groups is 2. The fourth-order valence-corrected chi connectivity index (χ4v) is 5.03. The zero-order valence-electron chi connectivity index (χ0n) is 8.58. The van der Waals surface area contributed by atoms with Crippen molar-refractivity contribution in [3.8, 4) is 0 Å². The van der Waals surface area contributed by atoms with Crippen molar-refractivity contribution in [3.05, 3.63) is 0 Å². The Labute approximate surface area is 90.1 Å². The highest BCUT2D eigenvalue weighted by atomic mass is 32.2. The summed E-state index contributed by atoms with van der Waals surface area (Å²) in [5.74, 6) is 2.45. The highest BCUT2D eigenvalue weighted by Gasteiger charge is 2.38. The number of aliphatic hydroxyl groups is 1. The van der Waals surface area contributed by atoms with E-state index in [1.807, 2.05) is 23.5 Å². The molecule has 0 saturated carbocycles. The van der Waals surface area contributed by atoms with Gasteiger partial charge in [-0.15, -0.1) is 23.5 Å². The van der Waals surface area contributed by atoms with E-state index in [1.165, 1.54) is 17.9 Å². The second-order valence-corrected chi connectivity index (χ2v) is 6.63. The molecule has 1 aliphatic rings. The van der Waals surface area contributed by atoms with Gasteiger partial charge in [-0.2, -0.15) is 0 Å². The Morgan fingerprint density at radius 3 is 2.38 bits per heavy atom. The number of rotatable bonds is 4. The third-order valence-corrected chi connectivity index (χ3v) is 6.34. The fraction of sp³-hybridized carbons (Fsp3) is 1.00. The van der Waals surface area contributed by atoms with Gasteiger partial charge in [-0.05, 0) is 30.8 Å². The molecule has 0 aromatic heterocycles. The molecular weight excluding hydrogens is 200 g/mol. The SMILES string of the molecule is CCCC(O)C1(CC)SCCCS1. The largest absolute Gasteiger partial charge is 0.391 e. The monoisotopic (exact) mass is 220 g/mol. The van der Waals surface area contributed by atoms with Crippen molar-refractivity contribution in [1.29, 1.82) is 0 Å². The molecule has 0 radical (unpaired) electrons. The summed E-state index contributed by atoms with van der Waals surface area (Å²) >= 11 is 3.94. The molecule has 1 nitrogen and oxygen atoms in total. The van der Waals surface area contributed by atoms with E-state index in [9.17, 15) is 5.11 Å². The lowest BCUT2D eigenvalue weighted by molar-refractivity contribution is 0.148. The summed E-state index contributed by atoms with van der Waals surface area (Å²) < 4.78 is 0.119. The minimum absolute atomic E-state index is 0.113. The molecule has 1 rings (SSSR count). The second kappa shape index (κ2) is 5.52. The van der Waals surface area contributed by atoms with Gasteiger partial charge >= 0.3 is 0 Å². The molecule has 1 saturated heterocycles. The van der Waals surface area contributed by atoms with Gasteiger partial charge in [-0.25, -0.2) is 0 Å². The van der Waals surface area contributed by atoms with E-state index in [2.05, 4.69) is 13.8 Å². The van der Waals surface area contributed by atoms with Gasteiger partial charge in [0.1, 0.15) is 0 Å². The van der Waals surface area contributed by atoms with Gasteiger partial charge in [0, 0.05) is 0 Å². The van der Waals surface area contributed by atoms with Crippen LogP contribution in [-0.2, 0) is 0 Å². The molecule has 0 aromatic carbocycles. The van der Waals surface area contributed by atoms with Crippen molar-refractivity contribution in [2.75, 3.05) is 11.5 Å². The van der Waals surface area contributed by atoms with Gasteiger partial charge in [0.05, 0.1) is 10.2 Å². The molecule has 13 heavy (non-hydrogen) atoms. The zero-order chi connectivity index (χ0) is 9.73. The Balaban J connectivity index is 2.55. The Kier molecular flexibility index (Phi) is 4.98. The maximum Gasteiger partial charge on any atom is 0.0865 e. The molecule has 0 aliphatic carbocycles. The maximum absolute atomic E-state index is 10.1. The molecule has 78 valence electrons. The summed E-state index contributed by atoms with van der Waals surface area (Å²) in [4.78, 5) is 0. The van der Waals surface area contributed by atoms with Gasteiger partial charge < -0.3 is 5.11 Å². The van der Waals surface area contributed by atoms with Crippen LogP contribution in [0.5, 0.6) is 0 Å². The van der Waals surface area contributed by atoms with Crippen molar-refractivity contribution in [2.45, 2.75) is 49.7 Å². The van der Waals surface area contributed by atoms with Crippen molar-refractivity contribution in [2.24, 2.45) is 0 Å². The Morgan fingerprint density at radius 2 is 1.92 bits per heavy atom. The van der Waals surface area contributed by atoms with Crippen LogP contribution in [0.25, 0.3) is 0 Å².